The van der Waals surface area contributed by atoms with E-state index in [1.165, 1.54) is 0 Å². The predicted octanol–water partition coefficient (Wildman–Crippen LogP) is 0.0340. The number of piperazine rings is 1. The van der Waals surface area contributed by atoms with E-state index in [4.69, 9.17) is 10.5 Å². The van der Waals surface area contributed by atoms with Crippen molar-refractivity contribution in [2.75, 3.05) is 39.9 Å². The van der Waals surface area contributed by atoms with Crippen molar-refractivity contribution < 1.29 is 4.74 Å². The molecule has 4 nitrogen and oxygen atoms in total. The van der Waals surface area contributed by atoms with Gasteiger partial charge in [0.2, 0.25) is 0 Å². The molecule has 16 heavy (non-hydrogen) atoms. The highest BCUT2D eigenvalue weighted by atomic mass is 16.5. The third-order valence-electron chi connectivity index (χ3n) is 4.06. The standard InChI is InChI=1S/C12H25N3O/c1-15-5-4-14-9-11(15)8-12(13)10-2-6-16-7-3-10/h10-12,14H,2-9,13H2,1H3. The second kappa shape index (κ2) is 5.96. The highest BCUT2D eigenvalue weighted by molar-refractivity contribution is 4.85. The first-order valence-electron chi connectivity index (χ1n) is 6.51. The molecule has 2 saturated heterocycles. The van der Waals surface area contributed by atoms with Crippen LogP contribution < -0.4 is 11.1 Å². The van der Waals surface area contributed by atoms with Crippen LogP contribution in [0.2, 0.25) is 0 Å². The van der Waals surface area contributed by atoms with Crippen LogP contribution in [0, 0.1) is 5.92 Å². The van der Waals surface area contributed by atoms with Gasteiger partial charge in [-0.15, -0.1) is 0 Å². The van der Waals surface area contributed by atoms with Crippen molar-refractivity contribution in [2.24, 2.45) is 11.7 Å². The Labute approximate surface area is 98.5 Å². The molecule has 2 rings (SSSR count). The molecule has 2 aliphatic rings. The van der Waals surface area contributed by atoms with Crippen molar-refractivity contribution in [1.82, 2.24) is 10.2 Å². The lowest BCUT2D eigenvalue weighted by atomic mass is 9.88. The minimum Gasteiger partial charge on any atom is -0.381 e. The Kier molecular flexibility index (Phi) is 4.58. The molecule has 2 unspecified atom stereocenters. The third kappa shape index (κ3) is 3.17. The van der Waals surface area contributed by atoms with Crippen LogP contribution in [-0.4, -0.2) is 56.9 Å². The number of nitrogens with two attached hydrogens (primary N) is 1. The molecule has 0 spiro atoms. The second-order valence-electron chi connectivity index (χ2n) is 5.19. The van der Waals surface area contributed by atoms with E-state index in [0.717, 1.165) is 52.1 Å². The Bertz CT molecular complexity index is 206. The van der Waals surface area contributed by atoms with E-state index in [9.17, 15) is 0 Å². The fourth-order valence-electron chi connectivity index (χ4n) is 2.78. The fourth-order valence-corrected chi connectivity index (χ4v) is 2.78. The van der Waals surface area contributed by atoms with Crippen LogP contribution in [0.4, 0.5) is 0 Å². The van der Waals surface area contributed by atoms with E-state index in [1.54, 1.807) is 0 Å². The Morgan fingerprint density at radius 2 is 2.19 bits per heavy atom. The number of nitrogens with one attached hydrogen (secondary N) is 1. The molecule has 2 heterocycles. The van der Waals surface area contributed by atoms with Crippen LogP contribution in [0.3, 0.4) is 0 Å². The van der Waals surface area contributed by atoms with Crippen molar-refractivity contribution in [3.63, 3.8) is 0 Å². The molecule has 0 bridgehead atoms. The molecule has 2 atom stereocenters. The lowest BCUT2D eigenvalue weighted by Crippen LogP contribution is -2.52. The van der Waals surface area contributed by atoms with Crippen molar-refractivity contribution in [1.29, 1.82) is 0 Å². The number of hydrogen-bond donors (Lipinski definition) is 2. The van der Waals surface area contributed by atoms with Crippen molar-refractivity contribution in [2.45, 2.75) is 31.3 Å². The van der Waals surface area contributed by atoms with Crippen molar-refractivity contribution in [3.8, 4) is 0 Å². The number of ether oxygens (including phenoxy) is 1. The van der Waals surface area contributed by atoms with Crippen LogP contribution in [-0.2, 0) is 4.74 Å². The van der Waals surface area contributed by atoms with Gasteiger partial charge in [0, 0.05) is 44.9 Å². The zero-order valence-electron chi connectivity index (χ0n) is 10.3. The summed E-state index contributed by atoms with van der Waals surface area (Å²) in [6.07, 6.45) is 3.41. The molecule has 2 aliphatic heterocycles. The molecule has 4 heteroatoms. The van der Waals surface area contributed by atoms with E-state index in [2.05, 4.69) is 17.3 Å². The number of rotatable bonds is 3. The number of likely N-dealkylation sites (N-methyl/N-ethyl adjacent to an activating group) is 1. The van der Waals surface area contributed by atoms with Gasteiger partial charge in [-0.2, -0.15) is 0 Å². The second-order valence-corrected chi connectivity index (χ2v) is 5.19. The van der Waals surface area contributed by atoms with Crippen LogP contribution >= 0.6 is 0 Å². The van der Waals surface area contributed by atoms with Gasteiger partial charge >= 0.3 is 0 Å². The maximum atomic E-state index is 6.33. The molecule has 0 aromatic carbocycles. The molecular weight excluding hydrogens is 202 g/mol. The molecule has 0 aromatic rings. The average molecular weight is 227 g/mol. The molecule has 0 amide bonds. The van der Waals surface area contributed by atoms with Gasteiger partial charge in [0.15, 0.2) is 0 Å². The third-order valence-corrected chi connectivity index (χ3v) is 4.06. The number of hydrogen-bond acceptors (Lipinski definition) is 4. The summed E-state index contributed by atoms with van der Waals surface area (Å²) in [6.45, 7) is 5.15. The van der Waals surface area contributed by atoms with Crippen molar-refractivity contribution >= 4 is 0 Å². The molecule has 0 aromatic heterocycles. The Morgan fingerprint density at radius 3 is 2.88 bits per heavy atom. The first-order valence-corrected chi connectivity index (χ1v) is 6.51. The summed E-state index contributed by atoms with van der Waals surface area (Å²) in [5.74, 6) is 0.670. The van der Waals surface area contributed by atoms with E-state index in [1.807, 2.05) is 0 Å². The molecule has 0 radical (unpaired) electrons. The summed E-state index contributed by atoms with van der Waals surface area (Å²) in [6, 6.07) is 0.961. The lowest BCUT2D eigenvalue weighted by molar-refractivity contribution is 0.0525. The molecule has 0 saturated carbocycles. The summed E-state index contributed by atoms with van der Waals surface area (Å²) < 4.78 is 5.38. The minimum absolute atomic E-state index is 0.344. The quantitative estimate of drug-likeness (QED) is 0.714. The molecule has 2 fully saturated rings. The van der Waals surface area contributed by atoms with Gasteiger partial charge in [-0.3, -0.25) is 0 Å². The van der Waals surface area contributed by atoms with Gasteiger partial charge in [-0.25, -0.2) is 0 Å². The van der Waals surface area contributed by atoms with Crippen LogP contribution in [0.1, 0.15) is 19.3 Å². The zero-order chi connectivity index (χ0) is 11.4. The normalized spacial score (nSPS) is 31.5. The number of nitrogens with zero attached hydrogens (tertiary/aromatic N) is 1. The zero-order valence-corrected chi connectivity index (χ0v) is 10.3. The topological polar surface area (TPSA) is 50.5 Å². The Morgan fingerprint density at radius 1 is 1.44 bits per heavy atom. The Balaban J connectivity index is 1.78. The van der Waals surface area contributed by atoms with Crippen LogP contribution in [0.5, 0.6) is 0 Å². The fraction of sp³-hybridized carbons (Fsp3) is 1.00. The average Bonchev–Trinajstić information content (AvgIpc) is 2.33. The van der Waals surface area contributed by atoms with Gasteiger partial charge < -0.3 is 20.7 Å². The van der Waals surface area contributed by atoms with Crippen LogP contribution in [0.15, 0.2) is 0 Å². The molecule has 94 valence electrons. The van der Waals surface area contributed by atoms with Gasteiger partial charge in [-0.1, -0.05) is 0 Å². The largest absolute Gasteiger partial charge is 0.381 e. The summed E-state index contributed by atoms with van der Waals surface area (Å²) in [5.41, 5.74) is 6.33. The summed E-state index contributed by atoms with van der Waals surface area (Å²) in [5, 5.41) is 3.45. The SMILES string of the molecule is CN1CCNCC1CC(N)C1CCOCC1. The highest BCUT2D eigenvalue weighted by Gasteiger charge is 2.26. The maximum absolute atomic E-state index is 6.33. The first kappa shape index (κ1) is 12.3. The van der Waals surface area contributed by atoms with Gasteiger partial charge in [0.25, 0.3) is 0 Å². The lowest BCUT2D eigenvalue weighted by Gasteiger charge is -2.37. The summed E-state index contributed by atoms with van der Waals surface area (Å²) in [7, 11) is 2.21. The first-order chi connectivity index (χ1) is 7.77. The molecular formula is C12H25N3O. The maximum Gasteiger partial charge on any atom is 0.0469 e. The van der Waals surface area contributed by atoms with E-state index < -0.39 is 0 Å². The smallest absolute Gasteiger partial charge is 0.0469 e. The minimum atomic E-state index is 0.344. The van der Waals surface area contributed by atoms with Gasteiger partial charge in [0.1, 0.15) is 0 Å². The molecule has 0 aliphatic carbocycles. The highest BCUT2D eigenvalue weighted by Crippen LogP contribution is 2.21. The van der Waals surface area contributed by atoms with E-state index >= 15 is 0 Å². The summed E-state index contributed by atoms with van der Waals surface area (Å²) >= 11 is 0. The van der Waals surface area contributed by atoms with Crippen molar-refractivity contribution in [3.05, 3.63) is 0 Å². The predicted molar refractivity (Wildman–Crippen MR) is 65.4 cm³/mol. The Hall–Kier alpha value is -0.160. The van der Waals surface area contributed by atoms with Crippen LogP contribution in [0.25, 0.3) is 0 Å². The van der Waals surface area contributed by atoms with E-state index in [-0.39, 0.29) is 0 Å². The van der Waals surface area contributed by atoms with E-state index in [0.29, 0.717) is 18.0 Å². The summed E-state index contributed by atoms with van der Waals surface area (Å²) in [4.78, 5) is 2.44. The molecule has 3 N–H and O–H groups in total. The van der Waals surface area contributed by atoms with Gasteiger partial charge in [0.05, 0.1) is 0 Å². The van der Waals surface area contributed by atoms with Gasteiger partial charge in [-0.05, 0) is 32.2 Å². The monoisotopic (exact) mass is 227 g/mol.